The van der Waals surface area contributed by atoms with Gasteiger partial charge in [0.1, 0.15) is 5.60 Å². The number of hydrogen-bond donors (Lipinski definition) is 0. The van der Waals surface area contributed by atoms with Crippen LogP contribution in [0.1, 0.15) is 31.1 Å². The Morgan fingerprint density at radius 3 is 2.12 bits per heavy atom. The average Bonchev–Trinajstić information content (AvgIpc) is 2.58. The standard InChI is InChI=1S/C20H29N3O3/c1-20(2,3)26-19(25)23-14-12-22(13-15-23)17-8-6-16(7-9-17)18(24)10-11-21(4)5/h6-11H,12-15H2,1-5H3. The Morgan fingerprint density at radius 1 is 1.04 bits per heavy atom. The van der Waals surface area contributed by atoms with Crippen molar-refractivity contribution in [2.75, 3.05) is 45.2 Å². The van der Waals surface area contributed by atoms with E-state index in [9.17, 15) is 9.59 Å². The second-order valence-electron chi connectivity index (χ2n) is 7.64. The van der Waals surface area contributed by atoms with Gasteiger partial charge in [-0.2, -0.15) is 0 Å². The lowest BCUT2D eigenvalue weighted by molar-refractivity contribution is 0.0240. The molecule has 0 bridgehead atoms. The van der Waals surface area contributed by atoms with Crippen molar-refractivity contribution < 1.29 is 14.3 Å². The van der Waals surface area contributed by atoms with Gasteiger partial charge in [0, 0.05) is 63.8 Å². The Hall–Kier alpha value is -2.50. The summed E-state index contributed by atoms with van der Waals surface area (Å²) in [7, 11) is 3.76. The summed E-state index contributed by atoms with van der Waals surface area (Å²) in [6, 6.07) is 7.61. The molecule has 1 saturated heterocycles. The van der Waals surface area contributed by atoms with Crippen molar-refractivity contribution in [1.82, 2.24) is 9.80 Å². The molecule has 0 radical (unpaired) electrons. The molecule has 6 nitrogen and oxygen atoms in total. The highest BCUT2D eigenvalue weighted by Gasteiger charge is 2.25. The van der Waals surface area contributed by atoms with Crippen molar-refractivity contribution in [3.63, 3.8) is 0 Å². The molecule has 142 valence electrons. The van der Waals surface area contributed by atoms with Crippen molar-refractivity contribution >= 4 is 17.6 Å². The number of hydrogen-bond acceptors (Lipinski definition) is 5. The van der Waals surface area contributed by atoms with Gasteiger partial charge in [0.25, 0.3) is 0 Å². The maximum absolute atomic E-state index is 12.1. The predicted octanol–water partition coefficient (Wildman–Crippen LogP) is 3.00. The van der Waals surface area contributed by atoms with Crippen LogP contribution in [0.15, 0.2) is 36.5 Å². The highest BCUT2D eigenvalue weighted by molar-refractivity contribution is 6.04. The van der Waals surface area contributed by atoms with Crippen LogP contribution in [0, 0.1) is 0 Å². The van der Waals surface area contributed by atoms with Crippen LogP contribution in [-0.2, 0) is 4.74 Å². The van der Waals surface area contributed by atoms with Crippen LogP contribution in [-0.4, -0.2) is 67.6 Å². The second-order valence-corrected chi connectivity index (χ2v) is 7.64. The molecule has 1 heterocycles. The number of carbonyl (C=O) groups excluding carboxylic acids is 2. The lowest BCUT2D eigenvalue weighted by Gasteiger charge is -2.36. The Labute approximate surface area is 156 Å². The van der Waals surface area contributed by atoms with Crippen LogP contribution in [0.25, 0.3) is 0 Å². The minimum atomic E-state index is -0.475. The molecule has 2 rings (SSSR count). The van der Waals surface area contributed by atoms with Gasteiger partial charge in [-0.3, -0.25) is 4.79 Å². The van der Waals surface area contributed by atoms with Gasteiger partial charge in [0.05, 0.1) is 0 Å². The number of piperazine rings is 1. The molecule has 0 aliphatic carbocycles. The quantitative estimate of drug-likeness (QED) is 0.611. The van der Waals surface area contributed by atoms with E-state index < -0.39 is 5.60 Å². The molecule has 26 heavy (non-hydrogen) atoms. The van der Waals surface area contributed by atoms with Gasteiger partial charge in [-0.15, -0.1) is 0 Å². The zero-order valence-corrected chi connectivity index (χ0v) is 16.4. The first-order chi connectivity index (χ1) is 12.2. The monoisotopic (exact) mass is 359 g/mol. The lowest BCUT2D eigenvalue weighted by atomic mass is 10.1. The molecule has 1 aliphatic rings. The predicted molar refractivity (Wildman–Crippen MR) is 104 cm³/mol. The van der Waals surface area contributed by atoms with E-state index in [-0.39, 0.29) is 11.9 Å². The molecule has 0 saturated carbocycles. The van der Waals surface area contributed by atoms with Gasteiger partial charge in [-0.1, -0.05) is 0 Å². The van der Waals surface area contributed by atoms with Crippen LogP contribution in [0.5, 0.6) is 0 Å². The Kier molecular flexibility index (Phi) is 6.29. The topological polar surface area (TPSA) is 53.1 Å². The third-order valence-electron chi connectivity index (χ3n) is 3.97. The number of amides is 1. The van der Waals surface area contributed by atoms with Gasteiger partial charge >= 0.3 is 6.09 Å². The summed E-state index contributed by atoms with van der Waals surface area (Å²) in [5.41, 5.74) is 1.25. The summed E-state index contributed by atoms with van der Waals surface area (Å²) in [5.74, 6) is -0.0139. The Morgan fingerprint density at radius 2 is 1.62 bits per heavy atom. The summed E-state index contributed by atoms with van der Waals surface area (Å²) in [5, 5.41) is 0. The molecule has 1 fully saturated rings. The molecule has 1 aromatic rings. The Balaban J connectivity index is 1.91. The number of ketones is 1. The van der Waals surface area contributed by atoms with Gasteiger partial charge in [-0.05, 0) is 45.0 Å². The second kappa shape index (κ2) is 8.25. The fourth-order valence-electron chi connectivity index (χ4n) is 2.62. The molecular formula is C20H29N3O3. The molecule has 0 spiro atoms. The summed E-state index contributed by atoms with van der Waals surface area (Å²) in [4.78, 5) is 30.0. The van der Waals surface area contributed by atoms with Crippen LogP contribution < -0.4 is 4.90 Å². The van der Waals surface area contributed by atoms with Gasteiger partial charge in [0.15, 0.2) is 5.78 Å². The van der Waals surface area contributed by atoms with Crippen LogP contribution >= 0.6 is 0 Å². The number of nitrogens with zero attached hydrogens (tertiary/aromatic N) is 3. The number of allylic oxidation sites excluding steroid dienone is 1. The summed E-state index contributed by atoms with van der Waals surface area (Å²) >= 11 is 0. The van der Waals surface area contributed by atoms with E-state index in [0.717, 1.165) is 18.8 Å². The zero-order chi connectivity index (χ0) is 19.3. The highest BCUT2D eigenvalue weighted by Crippen LogP contribution is 2.19. The van der Waals surface area contributed by atoms with Gasteiger partial charge < -0.3 is 19.4 Å². The molecule has 6 heteroatoms. The van der Waals surface area contributed by atoms with Crippen LogP contribution in [0.3, 0.4) is 0 Å². The molecule has 0 aromatic heterocycles. The van der Waals surface area contributed by atoms with Gasteiger partial charge in [0.2, 0.25) is 0 Å². The van der Waals surface area contributed by atoms with E-state index in [1.165, 1.54) is 0 Å². The Bertz CT molecular complexity index is 652. The maximum atomic E-state index is 12.1. The average molecular weight is 359 g/mol. The smallest absolute Gasteiger partial charge is 0.410 e. The number of benzene rings is 1. The van der Waals surface area contributed by atoms with Crippen molar-refractivity contribution in [1.29, 1.82) is 0 Å². The molecule has 1 amide bonds. The molecule has 0 N–H and O–H groups in total. The first-order valence-corrected chi connectivity index (χ1v) is 8.87. The SMILES string of the molecule is CN(C)C=CC(=O)c1ccc(N2CCN(C(=O)OC(C)(C)C)CC2)cc1. The number of carbonyl (C=O) groups is 2. The molecular weight excluding hydrogens is 330 g/mol. The maximum Gasteiger partial charge on any atom is 0.410 e. The summed E-state index contributed by atoms with van der Waals surface area (Å²) < 4.78 is 5.42. The number of anilines is 1. The van der Waals surface area contributed by atoms with Crippen molar-refractivity contribution in [3.05, 3.63) is 42.1 Å². The fourth-order valence-corrected chi connectivity index (χ4v) is 2.62. The lowest BCUT2D eigenvalue weighted by Crippen LogP contribution is -2.50. The zero-order valence-electron chi connectivity index (χ0n) is 16.4. The van der Waals surface area contributed by atoms with E-state index >= 15 is 0 Å². The summed E-state index contributed by atoms with van der Waals surface area (Å²) in [6.07, 6.45) is 3.05. The molecule has 1 aromatic carbocycles. The molecule has 0 atom stereocenters. The molecule has 0 unspecified atom stereocenters. The highest BCUT2D eigenvalue weighted by atomic mass is 16.6. The number of ether oxygens (including phenoxy) is 1. The van der Waals surface area contributed by atoms with E-state index in [4.69, 9.17) is 4.74 Å². The molecule has 1 aliphatic heterocycles. The first-order valence-electron chi connectivity index (χ1n) is 8.87. The van der Waals surface area contributed by atoms with E-state index in [1.807, 2.05) is 64.0 Å². The van der Waals surface area contributed by atoms with Crippen molar-refractivity contribution in [3.8, 4) is 0 Å². The normalized spacial score (nSPS) is 15.3. The van der Waals surface area contributed by atoms with Crippen LogP contribution in [0.2, 0.25) is 0 Å². The minimum absolute atomic E-state index is 0.0139. The third-order valence-corrected chi connectivity index (χ3v) is 3.97. The van der Waals surface area contributed by atoms with Crippen molar-refractivity contribution in [2.45, 2.75) is 26.4 Å². The number of rotatable bonds is 4. The van der Waals surface area contributed by atoms with E-state index in [1.54, 1.807) is 17.2 Å². The van der Waals surface area contributed by atoms with E-state index in [2.05, 4.69) is 4.90 Å². The summed E-state index contributed by atoms with van der Waals surface area (Å²) in [6.45, 7) is 8.36. The van der Waals surface area contributed by atoms with Crippen LogP contribution in [0.4, 0.5) is 10.5 Å². The van der Waals surface area contributed by atoms with E-state index in [0.29, 0.717) is 18.7 Å². The largest absolute Gasteiger partial charge is 0.444 e. The van der Waals surface area contributed by atoms with Gasteiger partial charge in [-0.25, -0.2) is 4.79 Å². The third kappa shape index (κ3) is 5.79. The van der Waals surface area contributed by atoms with Crippen molar-refractivity contribution in [2.24, 2.45) is 0 Å². The minimum Gasteiger partial charge on any atom is -0.444 e. The first kappa shape index (κ1) is 19.8. The fraction of sp³-hybridized carbons (Fsp3) is 0.500.